The highest BCUT2D eigenvalue weighted by Gasteiger charge is 2.42. The van der Waals surface area contributed by atoms with E-state index < -0.39 is 41.2 Å². The maximum atomic E-state index is 14.0. The van der Waals surface area contributed by atoms with Crippen LogP contribution in [-0.4, -0.2) is 70.9 Å². The molecule has 4 aromatic rings. The van der Waals surface area contributed by atoms with Crippen molar-refractivity contribution in [1.82, 2.24) is 14.9 Å². The third kappa shape index (κ3) is 7.93. The van der Waals surface area contributed by atoms with Gasteiger partial charge in [-0.3, -0.25) is 9.59 Å². The Balaban J connectivity index is 1.07. The number of carbonyl (C=O) groups is 2. The standard InChI is InChI=1S/C36H37F4N5O4/c1-23-18-27(21-28(37)19-23)31(47)34(48)44-13-5-12-43(16-17-44)30-9-8-24(22-41-30)20-29(46)32-33(36(38,39)40)42-35(49-32)45-14-10-26(11-15-45)25-6-3-2-4-7-25/h2-4,6-9,18-19,21-22,26,31,47H,5,10-17,20H2,1H3. The van der Waals surface area contributed by atoms with Gasteiger partial charge in [-0.25, -0.2) is 9.37 Å². The fraction of sp³-hybridized carbons (Fsp3) is 0.389. The first-order valence-corrected chi connectivity index (χ1v) is 16.3. The minimum absolute atomic E-state index is 0.197. The van der Waals surface area contributed by atoms with E-state index in [2.05, 4.69) is 9.97 Å². The summed E-state index contributed by atoms with van der Waals surface area (Å²) in [6, 6.07) is 17.1. The monoisotopic (exact) mass is 679 g/mol. The number of benzene rings is 2. The first-order chi connectivity index (χ1) is 23.5. The van der Waals surface area contributed by atoms with Crippen molar-refractivity contribution in [1.29, 1.82) is 0 Å². The molecule has 2 aliphatic heterocycles. The molecule has 1 amide bonds. The van der Waals surface area contributed by atoms with Gasteiger partial charge in [0, 0.05) is 51.9 Å². The molecule has 13 heteroatoms. The van der Waals surface area contributed by atoms with Crippen molar-refractivity contribution in [2.45, 2.75) is 50.8 Å². The number of aromatic nitrogens is 2. The summed E-state index contributed by atoms with van der Waals surface area (Å²) >= 11 is 0. The molecule has 0 bridgehead atoms. The van der Waals surface area contributed by atoms with E-state index in [0.29, 0.717) is 62.6 Å². The van der Waals surface area contributed by atoms with Gasteiger partial charge in [-0.05, 0) is 72.6 Å². The maximum Gasteiger partial charge on any atom is 0.437 e. The summed E-state index contributed by atoms with van der Waals surface area (Å²) in [6.07, 6.45) is -3.25. The average Bonchev–Trinajstić information content (AvgIpc) is 3.42. The van der Waals surface area contributed by atoms with Crippen LogP contribution >= 0.6 is 0 Å². The number of alkyl halides is 3. The molecular weight excluding hydrogens is 642 g/mol. The highest BCUT2D eigenvalue weighted by molar-refractivity contribution is 5.96. The first kappa shape index (κ1) is 34.1. The van der Waals surface area contributed by atoms with E-state index in [-0.39, 0.29) is 23.9 Å². The van der Waals surface area contributed by atoms with Crippen LogP contribution in [0.2, 0.25) is 0 Å². The molecule has 2 aromatic carbocycles. The summed E-state index contributed by atoms with van der Waals surface area (Å²) in [7, 11) is 0. The van der Waals surface area contributed by atoms with Gasteiger partial charge in [0.2, 0.25) is 11.5 Å². The van der Waals surface area contributed by atoms with E-state index in [4.69, 9.17) is 4.42 Å². The smallest absolute Gasteiger partial charge is 0.420 e. The number of hydrogen-bond donors (Lipinski definition) is 1. The lowest BCUT2D eigenvalue weighted by molar-refractivity contribution is -0.141. The SMILES string of the molecule is Cc1cc(F)cc(C(O)C(=O)N2CCCN(c3ccc(CC(=O)c4oc(N5CCC(c6ccccc6)CC5)nc4C(F)(F)F)cn3)CC2)c1. The second-order valence-electron chi connectivity index (χ2n) is 12.6. The number of oxazole rings is 1. The molecular formula is C36H37F4N5O4. The highest BCUT2D eigenvalue weighted by atomic mass is 19.4. The molecule has 0 spiro atoms. The Morgan fingerprint density at radius 3 is 2.39 bits per heavy atom. The number of pyridine rings is 1. The zero-order chi connectivity index (χ0) is 34.7. The molecule has 6 rings (SSSR count). The van der Waals surface area contributed by atoms with Gasteiger partial charge in [0.25, 0.3) is 11.9 Å². The van der Waals surface area contributed by atoms with Gasteiger partial charge in [-0.1, -0.05) is 42.5 Å². The molecule has 2 saturated heterocycles. The number of aryl methyl sites for hydroxylation is 1. The lowest BCUT2D eigenvalue weighted by atomic mass is 9.90. The van der Waals surface area contributed by atoms with E-state index in [1.54, 1.807) is 30.0 Å². The topological polar surface area (TPSA) is 103 Å². The largest absolute Gasteiger partial charge is 0.437 e. The number of rotatable bonds is 8. The number of aliphatic hydroxyl groups is 1. The van der Waals surface area contributed by atoms with E-state index in [9.17, 15) is 32.3 Å². The van der Waals surface area contributed by atoms with E-state index in [0.717, 1.165) is 18.9 Å². The van der Waals surface area contributed by atoms with Crippen LogP contribution in [0.5, 0.6) is 0 Å². The fourth-order valence-electron chi connectivity index (χ4n) is 6.53. The minimum atomic E-state index is -4.87. The van der Waals surface area contributed by atoms with E-state index >= 15 is 0 Å². The predicted octanol–water partition coefficient (Wildman–Crippen LogP) is 6.12. The van der Waals surface area contributed by atoms with E-state index in [1.165, 1.54) is 22.7 Å². The van der Waals surface area contributed by atoms with Crippen molar-refractivity contribution in [3.05, 3.63) is 106 Å². The molecule has 2 aromatic heterocycles. The Kier molecular flexibility index (Phi) is 10.00. The molecule has 1 unspecified atom stereocenters. The molecule has 2 aliphatic rings. The van der Waals surface area contributed by atoms with Crippen LogP contribution in [0.3, 0.4) is 0 Å². The van der Waals surface area contributed by atoms with E-state index in [1.807, 2.05) is 35.2 Å². The molecule has 49 heavy (non-hydrogen) atoms. The number of anilines is 2. The molecule has 4 heterocycles. The third-order valence-corrected chi connectivity index (χ3v) is 9.09. The summed E-state index contributed by atoms with van der Waals surface area (Å²) in [6.45, 7) is 4.23. The summed E-state index contributed by atoms with van der Waals surface area (Å²) in [5, 5.41) is 10.6. The fourth-order valence-corrected chi connectivity index (χ4v) is 6.53. The number of nitrogens with zero attached hydrogens (tertiary/aromatic N) is 5. The Bertz CT molecular complexity index is 1750. The van der Waals surface area contributed by atoms with Crippen LogP contribution in [0.4, 0.5) is 29.4 Å². The van der Waals surface area contributed by atoms with Crippen LogP contribution in [0.1, 0.15) is 69.8 Å². The lowest BCUT2D eigenvalue weighted by Crippen LogP contribution is -2.38. The van der Waals surface area contributed by atoms with Gasteiger partial charge in [0.15, 0.2) is 11.8 Å². The summed E-state index contributed by atoms with van der Waals surface area (Å²) < 4.78 is 61.3. The number of aliphatic hydroxyl groups excluding tert-OH is 1. The second kappa shape index (κ2) is 14.4. The second-order valence-corrected chi connectivity index (χ2v) is 12.6. The maximum absolute atomic E-state index is 14.0. The number of amides is 1. The summed E-state index contributed by atoms with van der Waals surface area (Å²) in [4.78, 5) is 39.5. The Labute approximate surface area is 281 Å². The zero-order valence-electron chi connectivity index (χ0n) is 27.0. The summed E-state index contributed by atoms with van der Waals surface area (Å²) in [5.41, 5.74) is 1.05. The Hall–Kier alpha value is -4.78. The number of carbonyl (C=O) groups excluding carboxylic acids is 2. The highest BCUT2D eigenvalue weighted by Crippen LogP contribution is 2.37. The molecule has 0 radical (unpaired) electrons. The van der Waals surface area contributed by atoms with Crippen LogP contribution in [0, 0.1) is 12.7 Å². The van der Waals surface area contributed by atoms with Crippen molar-refractivity contribution in [3.63, 3.8) is 0 Å². The van der Waals surface area contributed by atoms with Crippen molar-refractivity contribution in [3.8, 4) is 0 Å². The van der Waals surface area contributed by atoms with Crippen molar-refractivity contribution in [2.24, 2.45) is 0 Å². The normalized spacial score (nSPS) is 16.8. The Morgan fingerprint density at radius 2 is 1.71 bits per heavy atom. The molecule has 0 aliphatic carbocycles. The van der Waals surface area contributed by atoms with Gasteiger partial charge in [0.1, 0.15) is 11.6 Å². The average molecular weight is 680 g/mol. The van der Waals surface area contributed by atoms with Crippen LogP contribution in [0.15, 0.2) is 71.3 Å². The number of Topliss-reactive ketones (excluding diaryl/α,β-unsaturated/α-hetero) is 1. The van der Waals surface area contributed by atoms with Crippen molar-refractivity contribution < 1.29 is 36.7 Å². The third-order valence-electron chi connectivity index (χ3n) is 9.09. The number of halogens is 4. The quantitative estimate of drug-likeness (QED) is 0.176. The molecule has 0 saturated carbocycles. The molecule has 2 fully saturated rings. The van der Waals surface area contributed by atoms with Gasteiger partial charge >= 0.3 is 6.18 Å². The van der Waals surface area contributed by atoms with Gasteiger partial charge in [-0.2, -0.15) is 18.2 Å². The van der Waals surface area contributed by atoms with Crippen LogP contribution < -0.4 is 9.80 Å². The molecule has 1 N–H and O–H groups in total. The number of piperidine rings is 1. The number of hydrogen-bond acceptors (Lipinski definition) is 8. The molecule has 9 nitrogen and oxygen atoms in total. The molecule has 1 atom stereocenters. The lowest BCUT2D eigenvalue weighted by Gasteiger charge is -2.31. The van der Waals surface area contributed by atoms with Crippen molar-refractivity contribution >= 4 is 23.5 Å². The molecule has 258 valence electrons. The van der Waals surface area contributed by atoms with Crippen LogP contribution in [-0.2, 0) is 17.4 Å². The first-order valence-electron chi connectivity index (χ1n) is 16.3. The predicted molar refractivity (Wildman–Crippen MR) is 174 cm³/mol. The van der Waals surface area contributed by atoms with Gasteiger partial charge < -0.3 is 24.2 Å². The Morgan fingerprint density at radius 1 is 0.959 bits per heavy atom. The van der Waals surface area contributed by atoms with Crippen LogP contribution in [0.25, 0.3) is 0 Å². The van der Waals surface area contributed by atoms with Crippen molar-refractivity contribution in [2.75, 3.05) is 49.1 Å². The minimum Gasteiger partial charge on any atom is -0.420 e. The summed E-state index contributed by atoms with van der Waals surface area (Å²) in [5.74, 6) is -1.85. The number of ketones is 1. The zero-order valence-corrected chi connectivity index (χ0v) is 27.0. The van der Waals surface area contributed by atoms with Gasteiger partial charge in [0.05, 0.1) is 0 Å². The van der Waals surface area contributed by atoms with Gasteiger partial charge in [-0.15, -0.1) is 0 Å².